The van der Waals surface area contributed by atoms with Gasteiger partial charge in [-0.15, -0.1) is 0 Å². The van der Waals surface area contributed by atoms with Crippen LogP contribution in [0.25, 0.3) is 0 Å². The summed E-state index contributed by atoms with van der Waals surface area (Å²) < 4.78 is 6.25. The Morgan fingerprint density at radius 1 is 1.05 bits per heavy atom. The van der Waals surface area contributed by atoms with Gasteiger partial charge in [0.15, 0.2) is 0 Å². The lowest BCUT2D eigenvalue weighted by atomic mass is 9.98. The smallest absolute Gasteiger partial charge is 0.0707 e. The third kappa shape index (κ3) is 6.25. The third-order valence-electron chi connectivity index (χ3n) is 5.04. The van der Waals surface area contributed by atoms with Gasteiger partial charge in [-0.3, -0.25) is 0 Å². The summed E-state index contributed by atoms with van der Waals surface area (Å²) in [4.78, 5) is 2.65. The van der Waals surface area contributed by atoms with E-state index < -0.39 is 0 Å². The van der Waals surface area contributed by atoms with E-state index in [1.807, 2.05) is 0 Å². The van der Waals surface area contributed by atoms with Crippen molar-refractivity contribution in [3.05, 3.63) is 0 Å². The molecular weight excluding hydrogens is 260 g/mol. The molecule has 0 aliphatic carbocycles. The molecule has 3 heteroatoms. The molecule has 0 saturated carbocycles. The maximum Gasteiger partial charge on any atom is 0.0707 e. The van der Waals surface area contributed by atoms with Gasteiger partial charge in [0.25, 0.3) is 0 Å². The normalized spacial score (nSPS) is 32.3. The Morgan fingerprint density at radius 2 is 1.81 bits per heavy atom. The molecule has 0 amide bonds. The standard InChI is InChI=1S/C18H36N2O/c1-5-15-7-6-11-20(12-10-15)14-17-9-8-16(21-17)13-19-18(2,3)4/h15-17,19H,5-14H2,1-4H3. The number of hydrogen-bond acceptors (Lipinski definition) is 3. The summed E-state index contributed by atoms with van der Waals surface area (Å²) in [6.07, 6.45) is 8.90. The van der Waals surface area contributed by atoms with Gasteiger partial charge in [-0.1, -0.05) is 13.3 Å². The minimum atomic E-state index is 0.196. The van der Waals surface area contributed by atoms with Crippen LogP contribution in [-0.4, -0.2) is 48.8 Å². The molecule has 0 radical (unpaired) electrons. The summed E-state index contributed by atoms with van der Waals surface area (Å²) in [5.74, 6) is 0.961. The van der Waals surface area contributed by atoms with E-state index in [1.165, 1.54) is 51.6 Å². The van der Waals surface area contributed by atoms with Gasteiger partial charge in [0.1, 0.15) is 0 Å². The van der Waals surface area contributed by atoms with E-state index in [4.69, 9.17) is 4.74 Å². The molecule has 0 aromatic carbocycles. The van der Waals surface area contributed by atoms with Gasteiger partial charge in [0.2, 0.25) is 0 Å². The molecular formula is C18H36N2O. The fourth-order valence-corrected chi connectivity index (χ4v) is 3.59. The van der Waals surface area contributed by atoms with Gasteiger partial charge in [0, 0.05) is 18.6 Å². The van der Waals surface area contributed by atoms with Crippen LogP contribution >= 0.6 is 0 Å². The molecule has 3 nitrogen and oxygen atoms in total. The van der Waals surface area contributed by atoms with Crippen molar-refractivity contribution in [2.75, 3.05) is 26.2 Å². The van der Waals surface area contributed by atoms with Crippen LogP contribution in [0.5, 0.6) is 0 Å². The minimum absolute atomic E-state index is 0.196. The van der Waals surface area contributed by atoms with Crippen molar-refractivity contribution < 1.29 is 4.74 Å². The van der Waals surface area contributed by atoms with Gasteiger partial charge in [0.05, 0.1) is 12.2 Å². The van der Waals surface area contributed by atoms with Crippen LogP contribution in [-0.2, 0) is 4.74 Å². The monoisotopic (exact) mass is 296 g/mol. The number of nitrogens with one attached hydrogen (secondary N) is 1. The Morgan fingerprint density at radius 3 is 2.52 bits per heavy atom. The zero-order valence-electron chi connectivity index (χ0n) is 14.7. The Kier molecular flexibility index (Phi) is 6.51. The van der Waals surface area contributed by atoms with E-state index in [2.05, 4.69) is 37.9 Å². The lowest BCUT2D eigenvalue weighted by Crippen LogP contribution is -2.41. The van der Waals surface area contributed by atoms with Crippen molar-refractivity contribution in [2.45, 2.75) is 84.0 Å². The summed E-state index contributed by atoms with van der Waals surface area (Å²) in [5, 5.41) is 3.57. The second-order valence-corrected chi connectivity index (χ2v) is 8.09. The molecule has 2 fully saturated rings. The average Bonchev–Trinajstić information content (AvgIpc) is 2.74. The largest absolute Gasteiger partial charge is 0.372 e. The molecule has 0 aromatic heterocycles. The van der Waals surface area contributed by atoms with Crippen LogP contribution in [0, 0.1) is 5.92 Å². The molecule has 2 aliphatic rings. The summed E-state index contributed by atoms with van der Waals surface area (Å²) in [6, 6.07) is 0. The van der Waals surface area contributed by atoms with Crippen molar-refractivity contribution in [3.8, 4) is 0 Å². The zero-order valence-corrected chi connectivity index (χ0v) is 14.7. The predicted molar refractivity (Wildman–Crippen MR) is 89.7 cm³/mol. The molecule has 3 atom stereocenters. The summed E-state index contributed by atoms with van der Waals surface area (Å²) in [7, 11) is 0. The zero-order chi connectivity index (χ0) is 15.3. The van der Waals surface area contributed by atoms with Crippen molar-refractivity contribution in [3.63, 3.8) is 0 Å². The lowest BCUT2D eigenvalue weighted by Gasteiger charge is -2.25. The van der Waals surface area contributed by atoms with Crippen LogP contribution < -0.4 is 5.32 Å². The van der Waals surface area contributed by atoms with Gasteiger partial charge in [-0.25, -0.2) is 0 Å². The molecule has 2 aliphatic heterocycles. The first-order chi connectivity index (χ1) is 9.96. The topological polar surface area (TPSA) is 24.5 Å². The first kappa shape index (κ1) is 17.2. The number of rotatable bonds is 5. The molecule has 2 heterocycles. The minimum Gasteiger partial charge on any atom is -0.372 e. The summed E-state index contributed by atoms with van der Waals surface area (Å²) in [5.41, 5.74) is 0.196. The Hall–Kier alpha value is -0.120. The van der Waals surface area contributed by atoms with E-state index in [0.717, 1.165) is 19.0 Å². The first-order valence-electron chi connectivity index (χ1n) is 9.09. The van der Waals surface area contributed by atoms with E-state index in [9.17, 15) is 0 Å². The number of likely N-dealkylation sites (tertiary alicyclic amines) is 1. The highest BCUT2D eigenvalue weighted by Crippen LogP contribution is 2.24. The molecule has 2 rings (SSSR count). The first-order valence-corrected chi connectivity index (χ1v) is 9.09. The Labute approximate surface area is 131 Å². The number of nitrogens with zero attached hydrogens (tertiary/aromatic N) is 1. The van der Waals surface area contributed by atoms with Gasteiger partial charge in [-0.2, -0.15) is 0 Å². The average molecular weight is 296 g/mol. The molecule has 0 bridgehead atoms. The summed E-state index contributed by atoms with van der Waals surface area (Å²) >= 11 is 0. The SMILES string of the molecule is CCC1CCCN(CC2CCC(CNC(C)(C)C)O2)CC1. The van der Waals surface area contributed by atoms with Crippen molar-refractivity contribution in [1.29, 1.82) is 0 Å². The molecule has 2 saturated heterocycles. The third-order valence-corrected chi connectivity index (χ3v) is 5.04. The fraction of sp³-hybridized carbons (Fsp3) is 1.00. The highest BCUT2D eigenvalue weighted by molar-refractivity contribution is 4.81. The van der Waals surface area contributed by atoms with Gasteiger partial charge in [-0.05, 0) is 71.9 Å². The highest BCUT2D eigenvalue weighted by atomic mass is 16.5. The Balaban J connectivity index is 1.68. The molecule has 21 heavy (non-hydrogen) atoms. The second kappa shape index (κ2) is 7.94. The van der Waals surface area contributed by atoms with E-state index in [1.54, 1.807) is 0 Å². The van der Waals surface area contributed by atoms with Gasteiger partial charge < -0.3 is 15.0 Å². The molecule has 0 spiro atoms. The van der Waals surface area contributed by atoms with Gasteiger partial charge >= 0.3 is 0 Å². The lowest BCUT2D eigenvalue weighted by molar-refractivity contribution is 0.0213. The van der Waals surface area contributed by atoms with Crippen molar-refractivity contribution >= 4 is 0 Å². The summed E-state index contributed by atoms with van der Waals surface area (Å²) in [6.45, 7) is 13.7. The van der Waals surface area contributed by atoms with Crippen molar-refractivity contribution in [2.24, 2.45) is 5.92 Å². The van der Waals surface area contributed by atoms with Crippen molar-refractivity contribution in [1.82, 2.24) is 10.2 Å². The fourth-order valence-electron chi connectivity index (χ4n) is 3.59. The van der Waals surface area contributed by atoms with Crippen LogP contribution in [0.3, 0.4) is 0 Å². The molecule has 124 valence electrons. The molecule has 3 unspecified atom stereocenters. The van der Waals surface area contributed by atoms with E-state index in [-0.39, 0.29) is 5.54 Å². The van der Waals surface area contributed by atoms with Crippen LogP contribution in [0.1, 0.15) is 66.2 Å². The maximum atomic E-state index is 6.25. The quantitative estimate of drug-likeness (QED) is 0.841. The molecule has 1 N–H and O–H groups in total. The Bertz CT molecular complexity index is 300. The van der Waals surface area contributed by atoms with Crippen LogP contribution in [0.15, 0.2) is 0 Å². The van der Waals surface area contributed by atoms with Crippen LogP contribution in [0.4, 0.5) is 0 Å². The van der Waals surface area contributed by atoms with E-state index >= 15 is 0 Å². The maximum absolute atomic E-state index is 6.25. The number of hydrogen-bond donors (Lipinski definition) is 1. The highest BCUT2D eigenvalue weighted by Gasteiger charge is 2.28. The predicted octanol–water partition coefficient (Wildman–Crippen LogP) is 3.43. The molecule has 0 aromatic rings. The van der Waals surface area contributed by atoms with Crippen LogP contribution in [0.2, 0.25) is 0 Å². The number of ether oxygens (including phenoxy) is 1. The second-order valence-electron chi connectivity index (χ2n) is 8.09. The van der Waals surface area contributed by atoms with E-state index in [0.29, 0.717) is 12.2 Å².